The molecule has 1 amide bonds. The lowest BCUT2D eigenvalue weighted by molar-refractivity contribution is 0.0729. The second kappa shape index (κ2) is 6.86. The molecule has 0 unspecified atom stereocenters. The highest BCUT2D eigenvalue weighted by atomic mass is 16.5. The van der Waals surface area contributed by atoms with Crippen LogP contribution in [0.3, 0.4) is 0 Å². The van der Waals surface area contributed by atoms with E-state index in [0.717, 1.165) is 24.1 Å². The molecule has 1 fully saturated rings. The number of hydrogen-bond donors (Lipinski definition) is 0. The first-order valence-electron chi connectivity index (χ1n) is 7.95. The second-order valence-corrected chi connectivity index (χ2v) is 5.81. The number of likely N-dealkylation sites (tertiary alicyclic amines) is 1. The molecule has 0 saturated carbocycles. The van der Waals surface area contributed by atoms with Gasteiger partial charge in [0.2, 0.25) is 0 Å². The Morgan fingerprint density at radius 1 is 1.17 bits per heavy atom. The maximum Gasteiger partial charge on any atom is 0.274 e. The summed E-state index contributed by atoms with van der Waals surface area (Å²) < 4.78 is 10.7. The highest BCUT2D eigenvalue weighted by molar-refractivity contribution is 5.92. The van der Waals surface area contributed by atoms with Crippen LogP contribution in [0.25, 0.3) is 0 Å². The maximum absolute atomic E-state index is 12.8. The number of benzene rings is 1. The van der Waals surface area contributed by atoms with E-state index in [1.54, 1.807) is 26.6 Å². The van der Waals surface area contributed by atoms with Crippen molar-refractivity contribution in [2.24, 2.45) is 0 Å². The van der Waals surface area contributed by atoms with E-state index in [0.29, 0.717) is 23.7 Å². The van der Waals surface area contributed by atoms with Crippen molar-refractivity contribution in [3.63, 3.8) is 0 Å². The number of carbonyl (C=O) groups excluding carboxylic acids is 1. The summed E-state index contributed by atoms with van der Waals surface area (Å²) in [6.07, 6.45) is 5.04. The zero-order valence-corrected chi connectivity index (χ0v) is 14.2. The number of nitrogens with zero attached hydrogens (tertiary/aromatic N) is 3. The molecular formula is C18H21N3O3. The normalized spacial score (nSPS) is 17.0. The van der Waals surface area contributed by atoms with Gasteiger partial charge < -0.3 is 14.4 Å². The lowest BCUT2D eigenvalue weighted by atomic mass is 10.0. The van der Waals surface area contributed by atoms with Crippen molar-refractivity contribution in [3.05, 3.63) is 47.5 Å². The molecule has 24 heavy (non-hydrogen) atoms. The predicted molar refractivity (Wildman–Crippen MR) is 89.3 cm³/mol. The van der Waals surface area contributed by atoms with E-state index >= 15 is 0 Å². The number of methoxy groups -OCH3 is 2. The molecule has 6 heteroatoms. The lowest BCUT2D eigenvalue weighted by Gasteiger charge is -2.25. The van der Waals surface area contributed by atoms with Crippen LogP contribution in [0.15, 0.2) is 30.6 Å². The number of aryl methyl sites for hydroxylation is 1. The fourth-order valence-corrected chi connectivity index (χ4v) is 3.07. The van der Waals surface area contributed by atoms with Gasteiger partial charge >= 0.3 is 0 Å². The minimum atomic E-state index is -0.0835. The van der Waals surface area contributed by atoms with E-state index in [1.165, 1.54) is 0 Å². The SMILES string of the molecule is COc1ccc([C@@H]2CCCN2C(=O)c2cnc(C)cn2)cc1OC. The monoisotopic (exact) mass is 327 g/mol. The standard InChI is InChI=1S/C18H21N3O3/c1-12-10-20-14(11-19-12)18(22)21-8-4-5-15(21)13-6-7-16(23-2)17(9-13)24-3/h6-7,9-11,15H,4-5,8H2,1-3H3/t15-/m0/s1. The van der Waals surface area contributed by atoms with Crippen LogP contribution in [0.1, 0.15) is 40.6 Å². The molecule has 0 N–H and O–H groups in total. The highest BCUT2D eigenvalue weighted by Gasteiger charge is 2.31. The van der Waals surface area contributed by atoms with Crippen LogP contribution in [0.5, 0.6) is 11.5 Å². The van der Waals surface area contributed by atoms with Gasteiger partial charge in [-0.1, -0.05) is 6.07 Å². The van der Waals surface area contributed by atoms with E-state index in [2.05, 4.69) is 9.97 Å². The Kier molecular flexibility index (Phi) is 4.64. The zero-order chi connectivity index (χ0) is 17.1. The van der Waals surface area contributed by atoms with Crippen LogP contribution in [-0.2, 0) is 0 Å². The molecule has 0 aliphatic carbocycles. The molecule has 1 aromatic heterocycles. The van der Waals surface area contributed by atoms with Gasteiger partial charge in [-0.05, 0) is 37.5 Å². The van der Waals surface area contributed by atoms with Crippen molar-refractivity contribution in [1.29, 1.82) is 0 Å². The van der Waals surface area contributed by atoms with Gasteiger partial charge in [-0.25, -0.2) is 4.98 Å². The summed E-state index contributed by atoms with van der Waals surface area (Å²) in [6, 6.07) is 5.82. The zero-order valence-electron chi connectivity index (χ0n) is 14.2. The van der Waals surface area contributed by atoms with Crippen molar-refractivity contribution in [3.8, 4) is 11.5 Å². The Balaban J connectivity index is 1.87. The van der Waals surface area contributed by atoms with Crippen molar-refractivity contribution < 1.29 is 14.3 Å². The molecule has 0 spiro atoms. The van der Waals surface area contributed by atoms with Crippen LogP contribution >= 0.6 is 0 Å². The number of hydrogen-bond acceptors (Lipinski definition) is 5. The average Bonchev–Trinajstić information content (AvgIpc) is 3.10. The van der Waals surface area contributed by atoms with Crippen molar-refractivity contribution in [1.82, 2.24) is 14.9 Å². The molecule has 1 aliphatic rings. The molecular weight excluding hydrogens is 306 g/mol. The maximum atomic E-state index is 12.8. The molecule has 0 radical (unpaired) electrons. The Labute approximate surface area is 141 Å². The molecule has 2 heterocycles. The molecule has 1 saturated heterocycles. The minimum absolute atomic E-state index is 0.0143. The molecule has 2 aromatic rings. The van der Waals surface area contributed by atoms with Crippen LogP contribution in [0, 0.1) is 6.92 Å². The quantitative estimate of drug-likeness (QED) is 0.864. The van der Waals surface area contributed by atoms with Gasteiger partial charge in [-0.3, -0.25) is 9.78 Å². The largest absolute Gasteiger partial charge is 0.493 e. The molecule has 1 aliphatic heterocycles. The van der Waals surface area contributed by atoms with Gasteiger partial charge in [0.15, 0.2) is 11.5 Å². The fraction of sp³-hybridized carbons (Fsp3) is 0.389. The van der Waals surface area contributed by atoms with Crippen molar-refractivity contribution >= 4 is 5.91 Å². The lowest BCUT2D eigenvalue weighted by Crippen LogP contribution is -2.31. The van der Waals surface area contributed by atoms with Gasteiger partial charge in [0.25, 0.3) is 5.91 Å². The first kappa shape index (κ1) is 16.2. The highest BCUT2D eigenvalue weighted by Crippen LogP contribution is 2.37. The van der Waals surface area contributed by atoms with Crippen LogP contribution in [-0.4, -0.2) is 41.5 Å². The molecule has 6 nitrogen and oxygen atoms in total. The van der Waals surface area contributed by atoms with E-state index in [9.17, 15) is 4.79 Å². The summed E-state index contributed by atoms with van der Waals surface area (Å²) >= 11 is 0. The van der Waals surface area contributed by atoms with Gasteiger partial charge in [-0.2, -0.15) is 0 Å². The Bertz CT molecular complexity index is 731. The summed E-state index contributed by atoms with van der Waals surface area (Å²) in [6.45, 7) is 2.57. The average molecular weight is 327 g/mol. The molecule has 1 atom stereocenters. The Hall–Kier alpha value is -2.63. The van der Waals surface area contributed by atoms with Gasteiger partial charge in [0.05, 0.1) is 32.2 Å². The van der Waals surface area contributed by atoms with E-state index in [4.69, 9.17) is 9.47 Å². The molecule has 3 rings (SSSR count). The Morgan fingerprint density at radius 3 is 2.62 bits per heavy atom. The minimum Gasteiger partial charge on any atom is -0.493 e. The van der Waals surface area contributed by atoms with Crippen molar-refractivity contribution in [2.45, 2.75) is 25.8 Å². The van der Waals surface area contributed by atoms with E-state index in [-0.39, 0.29) is 11.9 Å². The first-order valence-corrected chi connectivity index (χ1v) is 7.95. The number of aromatic nitrogens is 2. The van der Waals surface area contributed by atoms with Gasteiger partial charge in [0.1, 0.15) is 5.69 Å². The summed E-state index contributed by atoms with van der Waals surface area (Å²) in [7, 11) is 3.22. The summed E-state index contributed by atoms with van der Waals surface area (Å²) in [5, 5.41) is 0. The smallest absolute Gasteiger partial charge is 0.274 e. The van der Waals surface area contributed by atoms with Crippen LogP contribution < -0.4 is 9.47 Å². The first-order chi connectivity index (χ1) is 11.6. The van der Waals surface area contributed by atoms with E-state index < -0.39 is 0 Å². The Morgan fingerprint density at radius 2 is 1.96 bits per heavy atom. The van der Waals surface area contributed by atoms with Gasteiger partial charge in [-0.15, -0.1) is 0 Å². The number of carbonyl (C=O) groups is 1. The molecule has 1 aromatic carbocycles. The van der Waals surface area contributed by atoms with Crippen LogP contribution in [0.2, 0.25) is 0 Å². The topological polar surface area (TPSA) is 64.5 Å². The third-order valence-electron chi connectivity index (χ3n) is 4.31. The number of rotatable bonds is 4. The summed E-state index contributed by atoms with van der Waals surface area (Å²) in [4.78, 5) is 23.0. The van der Waals surface area contributed by atoms with Crippen molar-refractivity contribution in [2.75, 3.05) is 20.8 Å². The van der Waals surface area contributed by atoms with E-state index in [1.807, 2.05) is 30.0 Å². The molecule has 0 bridgehead atoms. The van der Waals surface area contributed by atoms with Gasteiger partial charge in [0, 0.05) is 12.7 Å². The summed E-state index contributed by atoms with van der Waals surface area (Å²) in [5.74, 6) is 1.27. The third kappa shape index (κ3) is 3.04. The fourth-order valence-electron chi connectivity index (χ4n) is 3.07. The molecule has 126 valence electrons. The second-order valence-electron chi connectivity index (χ2n) is 5.81. The summed E-state index contributed by atoms with van der Waals surface area (Å²) in [5.41, 5.74) is 2.22. The van der Waals surface area contributed by atoms with Crippen LogP contribution in [0.4, 0.5) is 0 Å². The predicted octanol–water partition coefficient (Wildman–Crippen LogP) is 2.78. The third-order valence-corrected chi connectivity index (χ3v) is 4.31. The number of ether oxygens (including phenoxy) is 2. The number of amides is 1.